The van der Waals surface area contributed by atoms with E-state index in [1.165, 1.54) is 12.1 Å². The normalized spacial score (nSPS) is 18.1. The molecular formula is C31H26ClNO7S. The highest BCUT2D eigenvalue weighted by Crippen LogP contribution is 2.57. The van der Waals surface area contributed by atoms with E-state index in [0.29, 0.717) is 27.2 Å². The van der Waals surface area contributed by atoms with Gasteiger partial charge in [0.2, 0.25) is 10.0 Å². The summed E-state index contributed by atoms with van der Waals surface area (Å²) in [5.74, 6) is -3.16. The Morgan fingerprint density at radius 3 is 2.12 bits per heavy atom. The van der Waals surface area contributed by atoms with Gasteiger partial charge in [-0.1, -0.05) is 78.3 Å². The molecule has 1 saturated carbocycles. The van der Waals surface area contributed by atoms with E-state index in [4.69, 9.17) is 16.3 Å². The highest BCUT2D eigenvalue weighted by Gasteiger charge is 2.68. The third kappa shape index (κ3) is 5.83. The Hall–Kier alpha value is -4.18. The molecule has 2 unspecified atom stereocenters. The Morgan fingerprint density at radius 1 is 0.878 bits per heavy atom. The van der Waals surface area contributed by atoms with Crippen LogP contribution in [0.5, 0.6) is 5.75 Å². The summed E-state index contributed by atoms with van der Waals surface area (Å²) in [4.78, 5) is 24.3. The molecule has 0 aliphatic heterocycles. The minimum Gasteiger partial charge on any atom is -0.489 e. The van der Waals surface area contributed by atoms with Gasteiger partial charge in [0, 0.05) is 10.9 Å². The smallest absolute Gasteiger partial charge is 0.325 e. The van der Waals surface area contributed by atoms with Crippen LogP contribution < -0.4 is 4.74 Å². The van der Waals surface area contributed by atoms with Crippen LogP contribution in [0.2, 0.25) is 5.02 Å². The topological polar surface area (TPSA) is 121 Å². The predicted octanol–water partition coefficient (Wildman–Crippen LogP) is 5.67. The van der Waals surface area contributed by atoms with Crippen LogP contribution in [0.4, 0.5) is 0 Å². The molecule has 0 saturated heterocycles. The first-order valence-corrected chi connectivity index (χ1v) is 14.5. The molecular weight excluding hydrogens is 566 g/mol. The Morgan fingerprint density at radius 2 is 1.51 bits per heavy atom. The molecule has 2 N–H and O–H groups in total. The fourth-order valence-corrected chi connectivity index (χ4v) is 6.83. The van der Waals surface area contributed by atoms with E-state index in [1.54, 1.807) is 60.7 Å². The van der Waals surface area contributed by atoms with E-state index in [2.05, 4.69) is 0 Å². The Bertz CT molecular complexity index is 1680. The van der Waals surface area contributed by atoms with Gasteiger partial charge in [-0.25, -0.2) is 8.42 Å². The van der Waals surface area contributed by atoms with E-state index in [1.807, 2.05) is 30.3 Å². The third-order valence-electron chi connectivity index (χ3n) is 7.15. The van der Waals surface area contributed by atoms with Crippen molar-refractivity contribution in [2.45, 2.75) is 29.4 Å². The Kier molecular flexibility index (Phi) is 7.86. The molecule has 0 aromatic heterocycles. The number of carboxylic acids is 2. The Balaban J connectivity index is 1.44. The van der Waals surface area contributed by atoms with Crippen LogP contribution in [0.15, 0.2) is 108 Å². The third-order valence-corrected chi connectivity index (χ3v) is 9.31. The maximum Gasteiger partial charge on any atom is 0.325 e. The second kappa shape index (κ2) is 11.4. The standard InChI is InChI=1S/C31H26ClNO7S/c32-25-13-9-22(10-14-25)23-11-15-27(16-12-23)41(38,39)33(19-29(34)35)31(30(36)37)18-28(31)24-7-4-8-26(17-24)40-20-21-5-2-1-3-6-21/h1-17,28H,18-20H2,(H,34,35)(H,36,37). The van der Waals surface area contributed by atoms with Gasteiger partial charge in [0.1, 0.15) is 24.4 Å². The average molecular weight is 592 g/mol. The largest absolute Gasteiger partial charge is 0.489 e. The van der Waals surface area contributed by atoms with Crippen LogP contribution in [0, 0.1) is 0 Å². The van der Waals surface area contributed by atoms with Gasteiger partial charge < -0.3 is 14.9 Å². The van der Waals surface area contributed by atoms with E-state index in [0.717, 1.165) is 16.7 Å². The van der Waals surface area contributed by atoms with Gasteiger partial charge in [-0.05, 0) is 65.1 Å². The fourth-order valence-electron chi connectivity index (χ4n) is 4.98. The quantitative estimate of drug-likeness (QED) is 0.230. The number of rotatable bonds is 11. The molecule has 10 heteroatoms. The molecule has 41 heavy (non-hydrogen) atoms. The van der Waals surface area contributed by atoms with Crippen molar-refractivity contribution in [3.8, 4) is 16.9 Å². The fraction of sp³-hybridized carbons (Fsp3) is 0.161. The van der Waals surface area contributed by atoms with Crippen molar-refractivity contribution in [1.82, 2.24) is 4.31 Å². The summed E-state index contributed by atoms with van der Waals surface area (Å²) in [6, 6.07) is 29.2. The number of aliphatic carboxylic acids is 2. The van der Waals surface area contributed by atoms with Crippen molar-refractivity contribution in [3.05, 3.63) is 119 Å². The van der Waals surface area contributed by atoms with Crippen LogP contribution in [-0.4, -0.2) is 47.0 Å². The minimum atomic E-state index is -4.52. The van der Waals surface area contributed by atoms with Gasteiger partial charge in [0.25, 0.3) is 0 Å². The lowest BCUT2D eigenvalue weighted by Gasteiger charge is -2.28. The van der Waals surface area contributed by atoms with Gasteiger partial charge in [-0.2, -0.15) is 4.31 Å². The van der Waals surface area contributed by atoms with E-state index in [9.17, 15) is 28.2 Å². The lowest BCUT2D eigenvalue weighted by molar-refractivity contribution is -0.145. The first-order valence-electron chi connectivity index (χ1n) is 12.7. The van der Waals surface area contributed by atoms with E-state index < -0.39 is 40.0 Å². The molecule has 1 aliphatic rings. The molecule has 0 amide bonds. The summed E-state index contributed by atoms with van der Waals surface area (Å²) in [6.07, 6.45) is -0.0835. The molecule has 0 radical (unpaired) electrons. The first kappa shape index (κ1) is 28.4. The minimum absolute atomic E-state index is 0.0835. The number of hydrogen-bond acceptors (Lipinski definition) is 5. The molecule has 4 aromatic rings. The molecule has 5 rings (SSSR count). The molecule has 210 valence electrons. The maximum atomic E-state index is 13.8. The lowest BCUT2D eigenvalue weighted by atomic mass is 10.1. The molecule has 1 fully saturated rings. The number of nitrogens with zero attached hydrogens (tertiary/aromatic N) is 1. The number of hydrogen-bond donors (Lipinski definition) is 2. The van der Waals surface area contributed by atoms with Crippen molar-refractivity contribution in [1.29, 1.82) is 0 Å². The maximum absolute atomic E-state index is 13.8. The second-order valence-electron chi connectivity index (χ2n) is 9.77. The summed E-state index contributed by atoms with van der Waals surface area (Å²) < 4.78 is 34.1. The molecule has 0 bridgehead atoms. The summed E-state index contributed by atoms with van der Waals surface area (Å²) in [7, 11) is -4.52. The van der Waals surface area contributed by atoms with Crippen LogP contribution in [0.25, 0.3) is 11.1 Å². The van der Waals surface area contributed by atoms with Gasteiger partial charge in [-0.3, -0.25) is 9.59 Å². The predicted molar refractivity (Wildman–Crippen MR) is 153 cm³/mol. The second-order valence-corrected chi connectivity index (χ2v) is 12.1. The zero-order valence-corrected chi connectivity index (χ0v) is 23.3. The highest BCUT2D eigenvalue weighted by atomic mass is 35.5. The van der Waals surface area contributed by atoms with Crippen LogP contribution in [0.1, 0.15) is 23.5 Å². The number of sulfonamides is 1. The van der Waals surface area contributed by atoms with Crippen LogP contribution in [0.3, 0.4) is 0 Å². The summed E-state index contributed by atoms with van der Waals surface area (Å²) in [5.41, 5.74) is 1.05. The van der Waals surface area contributed by atoms with Crippen molar-refractivity contribution in [3.63, 3.8) is 0 Å². The molecule has 2 atom stereocenters. The van der Waals surface area contributed by atoms with Crippen molar-refractivity contribution < 1.29 is 33.0 Å². The highest BCUT2D eigenvalue weighted by molar-refractivity contribution is 7.89. The number of benzene rings is 4. The van der Waals surface area contributed by atoms with Crippen molar-refractivity contribution in [2.24, 2.45) is 0 Å². The molecule has 4 aromatic carbocycles. The van der Waals surface area contributed by atoms with Gasteiger partial charge >= 0.3 is 11.9 Å². The van der Waals surface area contributed by atoms with Crippen LogP contribution in [-0.2, 0) is 26.2 Å². The molecule has 1 aliphatic carbocycles. The van der Waals surface area contributed by atoms with Crippen LogP contribution >= 0.6 is 11.6 Å². The van der Waals surface area contributed by atoms with Gasteiger partial charge in [0.15, 0.2) is 0 Å². The first-order chi connectivity index (χ1) is 19.6. The zero-order valence-electron chi connectivity index (χ0n) is 21.7. The van der Waals surface area contributed by atoms with Crippen molar-refractivity contribution in [2.75, 3.05) is 6.54 Å². The SMILES string of the molecule is O=C(O)CN(C1(C(=O)O)CC1c1cccc(OCc2ccccc2)c1)S(=O)(=O)c1ccc(-c2ccc(Cl)cc2)cc1. The van der Waals surface area contributed by atoms with Gasteiger partial charge in [-0.15, -0.1) is 0 Å². The summed E-state index contributed by atoms with van der Waals surface area (Å²) >= 11 is 5.95. The van der Waals surface area contributed by atoms with E-state index >= 15 is 0 Å². The van der Waals surface area contributed by atoms with E-state index in [-0.39, 0.29) is 11.3 Å². The number of carbonyl (C=O) groups is 2. The monoisotopic (exact) mass is 591 g/mol. The number of halogens is 1. The molecule has 0 heterocycles. The molecule has 0 spiro atoms. The van der Waals surface area contributed by atoms with Gasteiger partial charge in [0.05, 0.1) is 4.90 Å². The molecule has 8 nitrogen and oxygen atoms in total. The van der Waals surface area contributed by atoms with Crippen molar-refractivity contribution >= 4 is 33.6 Å². The number of carboxylic acid groups (broad SMARTS) is 2. The number of ether oxygens (including phenoxy) is 1. The summed E-state index contributed by atoms with van der Waals surface area (Å²) in [6.45, 7) is -0.709. The zero-order chi connectivity index (χ0) is 29.2. The Labute approximate surface area is 242 Å². The lowest BCUT2D eigenvalue weighted by Crippen LogP contribution is -2.50. The average Bonchev–Trinajstić information content (AvgIpc) is 3.73. The summed E-state index contributed by atoms with van der Waals surface area (Å²) in [5, 5.41) is 20.5.